The number of amides is 1. The molecule has 0 aliphatic carbocycles. The Morgan fingerprint density at radius 1 is 0.889 bits per heavy atom. The van der Waals surface area contributed by atoms with Gasteiger partial charge in [-0.3, -0.25) is 4.79 Å². The zero-order chi connectivity index (χ0) is 19.1. The van der Waals surface area contributed by atoms with E-state index in [1.807, 2.05) is 54.6 Å². The van der Waals surface area contributed by atoms with Crippen LogP contribution in [0.4, 0.5) is 11.4 Å². The minimum atomic E-state index is -0.179. The van der Waals surface area contributed by atoms with Gasteiger partial charge in [-0.25, -0.2) is 0 Å². The van der Waals surface area contributed by atoms with Crippen molar-refractivity contribution in [1.29, 1.82) is 0 Å². The number of para-hydroxylation sites is 1. The lowest BCUT2D eigenvalue weighted by Crippen LogP contribution is -2.20. The Morgan fingerprint density at radius 3 is 2.37 bits per heavy atom. The molecular formula is C23H24N2O2. The Labute approximate surface area is 160 Å². The van der Waals surface area contributed by atoms with Crippen molar-refractivity contribution in [1.82, 2.24) is 0 Å². The molecule has 0 unspecified atom stereocenters. The fraction of sp³-hybridized carbons (Fsp3) is 0.174. The molecule has 4 heteroatoms. The summed E-state index contributed by atoms with van der Waals surface area (Å²) in [5, 5.41) is 6.26. The van der Waals surface area contributed by atoms with Gasteiger partial charge >= 0.3 is 0 Å². The molecule has 0 spiro atoms. The van der Waals surface area contributed by atoms with Crippen molar-refractivity contribution in [3.63, 3.8) is 0 Å². The highest BCUT2D eigenvalue weighted by atomic mass is 16.5. The molecule has 27 heavy (non-hydrogen) atoms. The maximum absolute atomic E-state index is 11.9. The molecule has 1 amide bonds. The molecule has 3 rings (SSSR count). The SMILES string of the molecule is Cc1cccc(NCc2ccc(OCC(=O)Nc3ccccc3)cc2)c1C. The van der Waals surface area contributed by atoms with Crippen molar-refractivity contribution in [2.75, 3.05) is 17.2 Å². The smallest absolute Gasteiger partial charge is 0.262 e. The van der Waals surface area contributed by atoms with Crippen LogP contribution in [0.2, 0.25) is 0 Å². The molecule has 3 aromatic carbocycles. The maximum atomic E-state index is 11.9. The lowest BCUT2D eigenvalue weighted by Gasteiger charge is -2.12. The summed E-state index contributed by atoms with van der Waals surface area (Å²) in [6.45, 7) is 4.95. The first-order chi connectivity index (χ1) is 13.1. The fourth-order valence-corrected chi connectivity index (χ4v) is 2.71. The molecule has 3 aromatic rings. The minimum absolute atomic E-state index is 0.0189. The van der Waals surface area contributed by atoms with Gasteiger partial charge in [0.1, 0.15) is 5.75 Å². The van der Waals surface area contributed by atoms with Crippen molar-refractivity contribution in [3.05, 3.63) is 89.5 Å². The highest BCUT2D eigenvalue weighted by Crippen LogP contribution is 2.19. The predicted octanol–water partition coefficient (Wildman–Crippen LogP) is 4.93. The third-order valence-corrected chi connectivity index (χ3v) is 4.44. The van der Waals surface area contributed by atoms with Crippen LogP contribution in [0.3, 0.4) is 0 Å². The monoisotopic (exact) mass is 360 g/mol. The first-order valence-corrected chi connectivity index (χ1v) is 8.98. The Balaban J connectivity index is 1.48. The highest BCUT2D eigenvalue weighted by molar-refractivity contribution is 5.91. The summed E-state index contributed by atoms with van der Waals surface area (Å²) in [7, 11) is 0. The molecule has 0 saturated heterocycles. The summed E-state index contributed by atoms with van der Waals surface area (Å²) < 4.78 is 5.56. The van der Waals surface area contributed by atoms with Gasteiger partial charge in [-0.1, -0.05) is 42.5 Å². The molecule has 2 N–H and O–H groups in total. The van der Waals surface area contributed by atoms with Crippen molar-refractivity contribution >= 4 is 17.3 Å². The second-order valence-electron chi connectivity index (χ2n) is 6.45. The van der Waals surface area contributed by atoms with Crippen LogP contribution >= 0.6 is 0 Å². The van der Waals surface area contributed by atoms with E-state index in [1.54, 1.807) is 0 Å². The quantitative estimate of drug-likeness (QED) is 0.628. The molecule has 0 fully saturated rings. The van der Waals surface area contributed by atoms with Crippen molar-refractivity contribution in [3.8, 4) is 5.75 Å². The van der Waals surface area contributed by atoms with Gasteiger partial charge in [0.2, 0.25) is 0 Å². The number of ether oxygens (including phenoxy) is 1. The lowest BCUT2D eigenvalue weighted by atomic mass is 10.1. The molecular weight excluding hydrogens is 336 g/mol. The number of carbonyl (C=O) groups is 1. The van der Waals surface area contributed by atoms with E-state index < -0.39 is 0 Å². The van der Waals surface area contributed by atoms with Crippen molar-refractivity contribution in [2.24, 2.45) is 0 Å². The van der Waals surface area contributed by atoms with E-state index in [-0.39, 0.29) is 12.5 Å². The first kappa shape index (κ1) is 18.5. The van der Waals surface area contributed by atoms with Crippen LogP contribution in [0.1, 0.15) is 16.7 Å². The summed E-state index contributed by atoms with van der Waals surface area (Å²) in [4.78, 5) is 11.9. The zero-order valence-corrected chi connectivity index (χ0v) is 15.7. The number of hydrogen-bond acceptors (Lipinski definition) is 3. The summed E-state index contributed by atoms with van der Waals surface area (Å²) in [5.74, 6) is 0.496. The fourth-order valence-electron chi connectivity index (χ4n) is 2.71. The molecule has 0 atom stereocenters. The molecule has 0 aliphatic rings. The Hall–Kier alpha value is -3.27. The third kappa shape index (κ3) is 5.35. The van der Waals surface area contributed by atoms with Crippen molar-refractivity contribution in [2.45, 2.75) is 20.4 Å². The summed E-state index contributed by atoms with van der Waals surface area (Å²) in [6.07, 6.45) is 0. The predicted molar refractivity (Wildman–Crippen MR) is 110 cm³/mol. The highest BCUT2D eigenvalue weighted by Gasteiger charge is 2.04. The molecule has 0 saturated carbocycles. The molecule has 138 valence electrons. The van der Waals surface area contributed by atoms with Crippen LogP contribution in [-0.4, -0.2) is 12.5 Å². The van der Waals surface area contributed by atoms with Gasteiger partial charge in [0, 0.05) is 17.9 Å². The van der Waals surface area contributed by atoms with Gasteiger partial charge in [0.15, 0.2) is 6.61 Å². The zero-order valence-electron chi connectivity index (χ0n) is 15.7. The van der Waals surface area contributed by atoms with Gasteiger partial charge in [0.05, 0.1) is 0 Å². The number of carbonyl (C=O) groups excluding carboxylic acids is 1. The minimum Gasteiger partial charge on any atom is -0.484 e. The number of anilines is 2. The number of benzene rings is 3. The number of aryl methyl sites for hydroxylation is 1. The molecule has 4 nitrogen and oxygen atoms in total. The van der Waals surface area contributed by atoms with Crippen LogP contribution in [0.15, 0.2) is 72.8 Å². The van der Waals surface area contributed by atoms with Crippen molar-refractivity contribution < 1.29 is 9.53 Å². The van der Waals surface area contributed by atoms with Crippen LogP contribution in [0, 0.1) is 13.8 Å². The van der Waals surface area contributed by atoms with Crippen LogP contribution in [-0.2, 0) is 11.3 Å². The average molecular weight is 360 g/mol. The summed E-state index contributed by atoms with van der Waals surface area (Å²) in [5.41, 5.74) is 5.60. The molecule has 0 heterocycles. The third-order valence-electron chi connectivity index (χ3n) is 4.44. The topological polar surface area (TPSA) is 50.4 Å². The van der Waals surface area contributed by atoms with E-state index in [0.29, 0.717) is 5.75 Å². The van der Waals surface area contributed by atoms with Crippen LogP contribution < -0.4 is 15.4 Å². The standard InChI is InChI=1S/C23H24N2O2/c1-17-7-6-10-22(18(17)2)24-15-19-11-13-21(14-12-19)27-16-23(26)25-20-8-4-3-5-9-20/h3-14,24H,15-16H2,1-2H3,(H,25,26). The van der Waals surface area contributed by atoms with Gasteiger partial charge in [0.25, 0.3) is 5.91 Å². The van der Waals surface area contributed by atoms with E-state index in [4.69, 9.17) is 4.74 Å². The summed E-state index contributed by atoms with van der Waals surface area (Å²) in [6, 6.07) is 23.4. The number of rotatable bonds is 7. The second-order valence-corrected chi connectivity index (χ2v) is 6.45. The van der Waals surface area contributed by atoms with E-state index in [9.17, 15) is 4.79 Å². The molecule has 0 aromatic heterocycles. The number of nitrogens with one attached hydrogen (secondary N) is 2. The van der Waals surface area contributed by atoms with Gasteiger partial charge < -0.3 is 15.4 Å². The Kier molecular flexibility index (Phi) is 6.10. The largest absolute Gasteiger partial charge is 0.484 e. The van der Waals surface area contributed by atoms with Gasteiger partial charge in [-0.05, 0) is 60.9 Å². The first-order valence-electron chi connectivity index (χ1n) is 8.98. The Bertz CT molecular complexity index is 890. The van der Waals surface area contributed by atoms with E-state index in [1.165, 1.54) is 11.1 Å². The second kappa shape index (κ2) is 8.90. The normalized spacial score (nSPS) is 10.3. The molecule has 0 aliphatic heterocycles. The van der Waals surface area contributed by atoms with Gasteiger partial charge in [-0.2, -0.15) is 0 Å². The van der Waals surface area contributed by atoms with Gasteiger partial charge in [-0.15, -0.1) is 0 Å². The number of hydrogen-bond donors (Lipinski definition) is 2. The molecule has 0 radical (unpaired) electrons. The van der Waals surface area contributed by atoms with Crippen LogP contribution in [0.25, 0.3) is 0 Å². The average Bonchev–Trinajstić information content (AvgIpc) is 2.69. The van der Waals surface area contributed by atoms with E-state index in [0.717, 1.165) is 23.5 Å². The van der Waals surface area contributed by atoms with E-state index in [2.05, 4.69) is 42.7 Å². The molecule has 0 bridgehead atoms. The maximum Gasteiger partial charge on any atom is 0.262 e. The lowest BCUT2D eigenvalue weighted by molar-refractivity contribution is -0.118. The Morgan fingerprint density at radius 2 is 1.63 bits per heavy atom. The van der Waals surface area contributed by atoms with E-state index >= 15 is 0 Å². The summed E-state index contributed by atoms with van der Waals surface area (Å²) >= 11 is 0. The van der Waals surface area contributed by atoms with Crippen LogP contribution in [0.5, 0.6) is 5.75 Å².